The molecular weight excluding hydrogens is 268 g/mol. The minimum atomic E-state index is -0.680. The fraction of sp³-hybridized carbons (Fsp3) is 0.667. The summed E-state index contributed by atoms with van der Waals surface area (Å²) in [6.45, 7) is 5.55. The molecule has 1 N–H and O–H groups in total. The van der Waals surface area contributed by atoms with Gasteiger partial charge in [-0.3, -0.25) is 10.1 Å². The minimum Gasteiger partial charge on any atom is -0.388 e. The third-order valence-corrected chi connectivity index (χ3v) is 4.56. The number of thiophene rings is 1. The molecule has 0 spiro atoms. The van der Waals surface area contributed by atoms with Crippen molar-refractivity contribution < 1.29 is 14.8 Å². The van der Waals surface area contributed by atoms with E-state index >= 15 is 0 Å². The standard InChI is InChI=1S/C12H18N2O4S/c1-3-9-7-13(4-5-18-9)12-10(14(16)17)6-11(19-12)8(2)15/h6,8-9,15H,3-5,7H2,1-2H3/t8-,9?/m1/s1. The van der Waals surface area contributed by atoms with Gasteiger partial charge in [-0.2, -0.15) is 0 Å². The molecule has 1 aliphatic rings. The SMILES string of the molecule is CCC1CN(c2sc([C@@H](C)O)cc2[N+](=O)[O-])CCO1. The van der Waals surface area contributed by atoms with Crippen LogP contribution in [0.1, 0.15) is 31.2 Å². The van der Waals surface area contributed by atoms with Gasteiger partial charge in [-0.1, -0.05) is 6.92 Å². The van der Waals surface area contributed by atoms with E-state index in [0.717, 1.165) is 6.42 Å². The lowest BCUT2D eigenvalue weighted by Gasteiger charge is -2.32. The number of rotatable bonds is 4. The fourth-order valence-corrected chi connectivity index (χ4v) is 3.20. The van der Waals surface area contributed by atoms with Gasteiger partial charge in [0.25, 0.3) is 0 Å². The summed E-state index contributed by atoms with van der Waals surface area (Å²) in [5, 5.41) is 21.3. The van der Waals surface area contributed by atoms with Crippen LogP contribution in [0.4, 0.5) is 10.7 Å². The predicted octanol–water partition coefficient (Wildman–Crippen LogP) is 2.32. The average Bonchev–Trinajstić information content (AvgIpc) is 2.84. The van der Waals surface area contributed by atoms with E-state index in [1.165, 1.54) is 17.4 Å². The summed E-state index contributed by atoms with van der Waals surface area (Å²) in [6.07, 6.45) is 0.324. The second-order valence-corrected chi connectivity index (χ2v) is 5.68. The first-order valence-electron chi connectivity index (χ1n) is 6.35. The first-order valence-corrected chi connectivity index (χ1v) is 7.17. The quantitative estimate of drug-likeness (QED) is 0.679. The summed E-state index contributed by atoms with van der Waals surface area (Å²) in [5.41, 5.74) is 0.0812. The van der Waals surface area contributed by atoms with Crippen molar-refractivity contribution >= 4 is 22.0 Å². The molecule has 0 saturated carbocycles. The number of aliphatic hydroxyl groups is 1. The van der Waals surface area contributed by atoms with E-state index in [1.807, 2.05) is 11.8 Å². The van der Waals surface area contributed by atoms with Gasteiger partial charge in [0.05, 0.1) is 23.7 Å². The van der Waals surface area contributed by atoms with Crippen molar-refractivity contribution in [2.24, 2.45) is 0 Å². The molecule has 2 rings (SSSR count). The summed E-state index contributed by atoms with van der Waals surface area (Å²) in [5.74, 6) is 0. The summed E-state index contributed by atoms with van der Waals surface area (Å²) in [4.78, 5) is 13.4. The Morgan fingerprint density at radius 3 is 3.05 bits per heavy atom. The van der Waals surface area contributed by atoms with Gasteiger partial charge in [0.1, 0.15) is 0 Å². The summed E-state index contributed by atoms with van der Waals surface area (Å²) in [7, 11) is 0. The molecule has 0 aliphatic carbocycles. The molecule has 1 fully saturated rings. The molecule has 1 unspecified atom stereocenters. The highest BCUT2D eigenvalue weighted by Gasteiger charge is 2.28. The number of anilines is 1. The van der Waals surface area contributed by atoms with Gasteiger partial charge in [0, 0.05) is 24.0 Å². The first-order chi connectivity index (χ1) is 9.02. The molecule has 1 saturated heterocycles. The van der Waals surface area contributed by atoms with Gasteiger partial charge in [-0.15, -0.1) is 11.3 Å². The summed E-state index contributed by atoms with van der Waals surface area (Å²) < 4.78 is 5.58. The Hall–Kier alpha value is -1.18. The molecule has 106 valence electrons. The van der Waals surface area contributed by atoms with Gasteiger partial charge < -0.3 is 14.7 Å². The van der Waals surface area contributed by atoms with Crippen LogP contribution in [0, 0.1) is 10.1 Å². The van der Waals surface area contributed by atoms with E-state index in [1.54, 1.807) is 6.92 Å². The lowest BCUT2D eigenvalue weighted by molar-refractivity contribution is -0.383. The lowest BCUT2D eigenvalue weighted by Crippen LogP contribution is -2.42. The minimum absolute atomic E-state index is 0.0812. The maximum Gasteiger partial charge on any atom is 0.304 e. The number of ether oxygens (including phenoxy) is 1. The van der Waals surface area contributed by atoms with Crippen LogP contribution in [0.2, 0.25) is 0 Å². The number of nitrogens with zero attached hydrogens (tertiary/aromatic N) is 2. The van der Waals surface area contributed by atoms with Crippen molar-refractivity contribution in [3.63, 3.8) is 0 Å². The van der Waals surface area contributed by atoms with Gasteiger partial charge in [-0.25, -0.2) is 0 Å². The maximum atomic E-state index is 11.1. The monoisotopic (exact) mass is 286 g/mol. The molecule has 0 aromatic carbocycles. The van der Waals surface area contributed by atoms with E-state index in [9.17, 15) is 15.2 Å². The predicted molar refractivity (Wildman–Crippen MR) is 73.9 cm³/mol. The zero-order chi connectivity index (χ0) is 14.0. The van der Waals surface area contributed by atoms with Crippen molar-refractivity contribution in [3.05, 3.63) is 21.1 Å². The van der Waals surface area contributed by atoms with Crippen molar-refractivity contribution in [2.45, 2.75) is 32.5 Å². The number of hydrogen-bond donors (Lipinski definition) is 1. The Morgan fingerprint density at radius 1 is 1.74 bits per heavy atom. The Labute approximate surface area is 115 Å². The first kappa shape index (κ1) is 14.2. The molecule has 0 bridgehead atoms. The largest absolute Gasteiger partial charge is 0.388 e. The molecular formula is C12H18N2O4S. The van der Waals surface area contributed by atoms with Crippen LogP contribution in [0.5, 0.6) is 0 Å². The Bertz CT molecular complexity index is 461. The second kappa shape index (κ2) is 5.85. The van der Waals surface area contributed by atoms with Crippen molar-refractivity contribution in [3.8, 4) is 0 Å². The summed E-state index contributed by atoms with van der Waals surface area (Å²) >= 11 is 1.29. The number of aliphatic hydroxyl groups excluding tert-OH is 1. The van der Waals surface area contributed by atoms with E-state index in [4.69, 9.17) is 4.74 Å². The van der Waals surface area contributed by atoms with Crippen molar-refractivity contribution in [2.75, 3.05) is 24.6 Å². The van der Waals surface area contributed by atoms with Crippen LogP contribution in [0.15, 0.2) is 6.07 Å². The molecule has 6 nitrogen and oxygen atoms in total. The van der Waals surface area contributed by atoms with Crippen LogP contribution in [-0.2, 0) is 4.74 Å². The molecule has 2 heterocycles. The highest BCUT2D eigenvalue weighted by molar-refractivity contribution is 7.16. The number of hydrogen-bond acceptors (Lipinski definition) is 6. The van der Waals surface area contributed by atoms with Gasteiger partial charge in [0.15, 0.2) is 5.00 Å². The Balaban J connectivity index is 2.29. The fourth-order valence-electron chi connectivity index (χ4n) is 2.10. The van der Waals surface area contributed by atoms with E-state index in [-0.39, 0.29) is 16.7 Å². The lowest BCUT2D eigenvalue weighted by atomic mass is 10.2. The summed E-state index contributed by atoms with van der Waals surface area (Å²) in [6, 6.07) is 1.47. The molecule has 2 atom stereocenters. The van der Waals surface area contributed by atoms with Crippen LogP contribution in [0.25, 0.3) is 0 Å². The van der Waals surface area contributed by atoms with Gasteiger partial charge in [0.2, 0.25) is 0 Å². The van der Waals surface area contributed by atoms with E-state index < -0.39 is 6.10 Å². The number of morpholine rings is 1. The van der Waals surface area contributed by atoms with Crippen molar-refractivity contribution in [1.29, 1.82) is 0 Å². The number of nitro groups is 1. The molecule has 0 amide bonds. The zero-order valence-corrected chi connectivity index (χ0v) is 11.9. The second-order valence-electron chi connectivity index (χ2n) is 4.62. The molecule has 0 radical (unpaired) electrons. The topological polar surface area (TPSA) is 75.8 Å². The van der Waals surface area contributed by atoms with Crippen molar-refractivity contribution in [1.82, 2.24) is 0 Å². The van der Waals surface area contributed by atoms with E-state index in [0.29, 0.717) is 29.6 Å². The maximum absolute atomic E-state index is 11.1. The van der Waals surface area contributed by atoms with Gasteiger partial charge in [-0.05, 0) is 13.3 Å². The molecule has 1 aliphatic heterocycles. The molecule has 1 aromatic heterocycles. The Morgan fingerprint density at radius 2 is 2.47 bits per heavy atom. The highest BCUT2D eigenvalue weighted by atomic mass is 32.1. The van der Waals surface area contributed by atoms with Crippen LogP contribution in [-0.4, -0.2) is 35.8 Å². The molecule has 7 heteroatoms. The van der Waals surface area contributed by atoms with E-state index in [2.05, 4.69) is 0 Å². The highest BCUT2D eigenvalue weighted by Crippen LogP contribution is 2.40. The zero-order valence-electron chi connectivity index (χ0n) is 11.0. The molecule has 19 heavy (non-hydrogen) atoms. The third-order valence-electron chi connectivity index (χ3n) is 3.20. The van der Waals surface area contributed by atoms with Crippen LogP contribution < -0.4 is 4.90 Å². The smallest absolute Gasteiger partial charge is 0.304 e. The van der Waals surface area contributed by atoms with Gasteiger partial charge >= 0.3 is 5.69 Å². The normalized spacial score (nSPS) is 21.4. The average molecular weight is 286 g/mol. The Kier molecular flexibility index (Phi) is 4.38. The van der Waals surface area contributed by atoms with Crippen LogP contribution >= 0.6 is 11.3 Å². The third kappa shape index (κ3) is 3.05. The molecule has 1 aromatic rings. The van der Waals surface area contributed by atoms with Crippen LogP contribution in [0.3, 0.4) is 0 Å².